The third-order valence-corrected chi connectivity index (χ3v) is 4.20. The standard InChI is InChI=1S/C20H17N5O3/c26-18(12-25-13-22-16-9-5-4-8-15(16)20(25)27)21-11-17-23-19(28-24-17)10-14-6-2-1-3-7-14/h1-9,13H,10-12H2,(H,21,26). The van der Waals surface area contributed by atoms with E-state index < -0.39 is 0 Å². The minimum absolute atomic E-state index is 0.118. The Balaban J connectivity index is 1.36. The molecule has 2 aromatic heterocycles. The number of carbonyl (C=O) groups excluding carboxylic acids is 1. The van der Waals surface area contributed by atoms with Crippen LogP contribution in [0.25, 0.3) is 10.9 Å². The molecular weight excluding hydrogens is 358 g/mol. The number of benzene rings is 2. The maximum atomic E-state index is 12.4. The Hall–Kier alpha value is -3.81. The zero-order chi connectivity index (χ0) is 19.3. The van der Waals surface area contributed by atoms with Gasteiger partial charge in [0.25, 0.3) is 5.56 Å². The Labute approximate surface area is 159 Å². The fourth-order valence-electron chi connectivity index (χ4n) is 2.81. The number of amides is 1. The number of carbonyl (C=O) groups is 1. The lowest BCUT2D eigenvalue weighted by Crippen LogP contribution is -2.32. The van der Waals surface area contributed by atoms with Crippen molar-refractivity contribution in [1.82, 2.24) is 25.0 Å². The first-order chi connectivity index (χ1) is 13.7. The molecule has 1 N–H and O–H groups in total. The van der Waals surface area contributed by atoms with Crippen LogP contribution < -0.4 is 10.9 Å². The lowest BCUT2D eigenvalue weighted by atomic mass is 10.1. The van der Waals surface area contributed by atoms with Gasteiger partial charge >= 0.3 is 0 Å². The summed E-state index contributed by atoms with van der Waals surface area (Å²) in [5, 5.41) is 7.03. The predicted molar refractivity (Wildman–Crippen MR) is 101 cm³/mol. The molecule has 2 heterocycles. The van der Waals surface area contributed by atoms with E-state index in [-0.39, 0.29) is 24.6 Å². The average molecular weight is 375 g/mol. The third kappa shape index (κ3) is 3.96. The van der Waals surface area contributed by atoms with Crippen LogP contribution in [0.2, 0.25) is 0 Å². The fourth-order valence-corrected chi connectivity index (χ4v) is 2.81. The second-order valence-corrected chi connectivity index (χ2v) is 6.24. The van der Waals surface area contributed by atoms with Gasteiger partial charge in [-0.1, -0.05) is 47.6 Å². The Kier molecular flexibility index (Phi) is 4.92. The molecule has 28 heavy (non-hydrogen) atoms. The molecule has 0 saturated carbocycles. The zero-order valence-electron chi connectivity index (χ0n) is 14.9. The van der Waals surface area contributed by atoms with E-state index in [0.29, 0.717) is 29.0 Å². The Morgan fingerprint density at radius 3 is 2.71 bits per heavy atom. The molecular formula is C20H17N5O3. The molecule has 0 spiro atoms. The van der Waals surface area contributed by atoms with Gasteiger partial charge in [0.05, 0.1) is 30.2 Å². The minimum Gasteiger partial charge on any atom is -0.347 e. The molecule has 1 amide bonds. The lowest BCUT2D eigenvalue weighted by Gasteiger charge is -2.06. The summed E-state index contributed by atoms with van der Waals surface area (Å²) >= 11 is 0. The summed E-state index contributed by atoms with van der Waals surface area (Å²) in [5.74, 6) is 0.516. The molecule has 0 atom stereocenters. The Bertz CT molecular complexity index is 1170. The van der Waals surface area contributed by atoms with E-state index >= 15 is 0 Å². The van der Waals surface area contributed by atoms with Crippen LogP contribution in [-0.2, 0) is 24.3 Å². The van der Waals surface area contributed by atoms with Crippen LogP contribution in [0, 0.1) is 0 Å². The van der Waals surface area contributed by atoms with Crippen molar-refractivity contribution in [3.05, 3.63) is 88.6 Å². The van der Waals surface area contributed by atoms with Crippen LogP contribution in [0.1, 0.15) is 17.3 Å². The van der Waals surface area contributed by atoms with Crippen molar-refractivity contribution in [3.8, 4) is 0 Å². The number of para-hydroxylation sites is 1. The topological polar surface area (TPSA) is 103 Å². The van der Waals surface area contributed by atoms with Gasteiger partial charge in [-0.3, -0.25) is 14.2 Å². The highest BCUT2D eigenvalue weighted by Gasteiger charge is 2.11. The van der Waals surface area contributed by atoms with E-state index in [9.17, 15) is 9.59 Å². The van der Waals surface area contributed by atoms with Gasteiger partial charge in [-0.05, 0) is 17.7 Å². The largest absolute Gasteiger partial charge is 0.347 e. The molecule has 0 radical (unpaired) electrons. The molecule has 0 bridgehead atoms. The predicted octanol–water partition coefficient (Wildman–Crippen LogP) is 1.69. The number of fused-ring (bicyclic) bond motifs is 1. The highest BCUT2D eigenvalue weighted by Crippen LogP contribution is 2.07. The summed E-state index contributed by atoms with van der Waals surface area (Å²) in [5.41, 5.74) is 1.40. The van der Waals surface area contributed by atoms with E-state index in [4.69, 9.17) is 4.52 Å². The first-order valence-electron chi connectivity index (χ1n) is 8.75. The van der Waals surface area contributed by atoms with E-state index in [1.807, 2.05) is 36.4 Å². The zero-order valence-corrected chi connectivity index (χ0v) is 14.9. The van der Waals surface area contributed by atoms with Crippen molar-refractivity contribution in [2.24, 2.45) is 0 Å². The van der Waals surface area contributed by atoms with Crippen molar-refractivity contribution >= 4 is 16.8 Å². The van der Waals surface area contributed by atoms with Gasteiger partial charge in [-0.2, -0.15) is 4.98 Å². The molecule has 0 aliphatic carbocycles. The highest BCUT2D eigenvalue weighted by atomic mass is 16.5. The highest BCUT2D eigenvalue weighted by molar-refractivity contribution is 5.78. The number of aromatic nitrogens is 4. The fraction of sp³-hybridized carbons (Fsp3) is 0.150. The average Bonchev–Trinajstić information content (AvgIpc) is 3.17. The second-order valence-electron chi connectivity index (χ2n) is 6.24. The van der Waals surface area contributed by atoms with Crippen LogP contribution in [-0.4, -0.2) is 25.6 Å². The number of nitrogens with one attached hydrogen (secondary N) is 1. The second kappa shape index (κ2) is 7.83. The van der Waals surface area contributed by atoms with Crippen molar-refractivity contribution in [2.75, 3.05) is 0 Å². The number of nitrogens with zero attached hydrogens (tertiary/aromatic N) is 4. The first kappa shape index (κ1) is 17.6. The molecule has 140 valence electrons. The summed E-state index contributed by atoms with van der Waals surface area (Å²) in [6.07, 6.45) is 1.90. The van der Waals surface area contributed by atoms with Gasteiger partial charge in [-0.25, -0.2) is 4.98 Å². The molecule has 8 nitrogen and oxygen atoms in total. The molecule has 4 aromatic rings. The Morgan fingerprint density at radius 2 is 1.86 bits per heavy atom. The van der Waals surface area contributed by atoms with Crippen LogP contribution in [0.3, 0.4) is 0 Å². The van der Waals surface area contributed by atoms with Crippen LogP contribution in [0.4, 0.5) is 0 Å². The maximum Gasteiger partial charge on any atom is 0.261 e. The van der Waals surface area contributed by atoms with E-state index in [1.165, 1.54) is 10.9 Å². The summed E-state index contributed by atoms with van der Waals surface area (Å²) in [6, 6.07) is 16.8. The van der Waals surface area contributed by atoms with Gasteiger partial charge in [0.15, 0.2) is 5.82 Å². The van der Waals surface area contributed by atoms with Gasteiger partial charge in [0, 0.05) is 0 Å². The molecule has 0 saturated heterocycles. The normalized spacial score (nSPS) is 10.9. The van der Waals surface area contributed by atoms with Crippen molar-refractivity contribution in [2.45, 2.75) is 19.5 Å². The summed E-state index contributed by atoms with van der Waals surface area (Å²) in [6.45, 7) is -0.0156. The molecule has 4 rings (SSSR count). The number of hydrogen-bond acceptors (Lipinski definition) is 6. The summed E-state index contributed by atoms with van der Waals surface area (Å²) in [7, 11) is 0. The first-order valence-corrected chi connectivity index (χ1v) is 8.75. The molecule has 2 aromatic carbocycles. The Morgan fingerprint density at radius 1 is 1.07 bits per heavy atom. The van der Waals surface area contributed by atoms with Crippen LogP contribution in [0.5, 0.6) is 0 Å². The third-order valence-electron chi connectivity index (χ3n) is 4.20. The van der Waals surface area contributed by atoms with Crippen molar-refractivity contribution < 1.29 is 9.32 Å². The molecule has 0 aliphatic heterocycles. The maximum absolute atomic E-state index is 12.4. The van der Waals surface area contributed by atoms with E-state index in [1.54, 1.807) is 18.2 Å². The van der Waals surface area contributed by atoms with Crippen molar-refractivity contribution in [1.29, 1.82) is 0 Å². The molecule has 0 aliphatic rings. The van der Waals surface area contributed by atoms with Crippen LogP contribution in [0.15, 0.2) is 70.2 Å². The van der Waals surface area contributed by atoms with Crippen molar-refractivity contribution in [3.63, 3.8) is 0 Å². The number of rotatable bonds is 6. The quantitative estimate of drug-likeness (QED) is 0.550. The van der Waals surface area contributed by atoms with Gasteiger partial charge in [0.1, 0.15) is 6.54 Å². The minimum atomic E-state index is -0.339. The molecule has 0 fully saturated rings. The van der Waals surface area contributed by atoms with Gasteiger partial charge in [0.2, 0.25) is 11.8 Å². The monoisotopic (exact) mass is 375 g/mol. The van der Waals surface area contributed by atoms with E-state index in [0.717, 1.165) is 5.56 Å². The van der Waals surface area contributed by atoms with Crippen LogP contribution >= 0.6 is 0 Å². The van der Waals surface area contributed by atoms with Gasteiger partial charge in [-0.15, -0.1) is 0 Å². The van der Waals surface area contributed by atoms with Gasteiger partial charge < -0.3 is 9.84 Å². The molecule has 8 heteroatoms. The summed E-state index contributed by atoms with van der Waals surface area (Å²) in [4.78, 5) is 33.1. The summed E-state index contributed by atoms with van der Waals surface area (Å²) < 4.78 is 6.48. The smallest absolute Gasteiger partial charge is 0.261 e. The molecule has 0 unspecified atom stereocenters. The van der Waals surface area contributed by atoms with E-state index in [2.05, 4.69) is 20.4 Å². The SMILES string of the molecule is O=C(Cn1cnc2ccccc2c1=O)NCc1noc(Cc2ccccc2)n1. The lowest BCUT2D eigenvalue weighted by molar-refractivity contribution is -0.121. The number of hydrogen-bond donors (Lipinski definition) is 1.